The Morgan fingerprint density at radius 3 is 2.18 bits per heavy atom. The molecule has 1 fully saturated rings. The number of nitrogens with zero attached hydrogens (tertiary/aromatic N) is 1. The first kappa shape index (κ1) is 28.1. The van der Waals surface area contributed by atoms with Gasteiger partial charge >= 0.3 is 0 Å². The number of halogens is 1. The molecule has 0 bridgehead atoms. The van der Waals surface area contributed by atoms with E-state index in [-0.39, 0.29) is 20.4 Å². The Labute approximate surface area is 229 Å². The molecule has 3 aromatic rings. The zero-order valence-corrected chi connectivity index (χ0v) is 23.6. The molecule has 4 rings (SSSR count). The molecule has 0 saturated carbocycles. The van der Waals surface area contributed by atoms with Crippen LogP contribution in [0.1, 0.15) is 47.2 Å². The Kier molecular flexibility index (Phi) is 8.46. The van der Waals surface area contributed by atoms with Gasteiger partial charge in [0, 0.05) is 24.3 Å². The summed E-state index contributed by atoms with van der Waals surface area (Å²) < 4.78 is 56.3. The maximum absolute atomic E-state index is 13.1. The lowest BCUT2D eigenvalue weighted by Gasteiger charge is -2.20. The van der Waals surface area contributed by atoms with Gasteiger partial charge < -0.3 is 5.32 Å². The lowest BCUT2D eigenvalue weighted by Crippen LogP contribution is -2.31. The van der Waals surface area contributed by atoms with Crippen LogP contribution in [-0.4, -0.2) is 40.1 Å². The zero-order valence-electron chi connectivity index (χ0n) is 21.2. The normalized spacial score (nSPS) is 15.0. The van der Waals surface area contributed by atoms with Crippen molar-refractivity contribution < 1.29 is 21.6 Å². The molecule has 8 nitrogen and oxygen atoms in total. The van der Waals surface area contributed by atoms with Gasteiger partial charge in [0.2, 0.25) is 10.0 Å². The molecular formula is C27H30ClN3O5S2. The minimum absolute atomic E-state index is 0.0255. The first-order valence-electron chi connectivity index (χ1n) is 12.3. The molecular weight excluding hydrogens is 546 g/mol. The molecule has 38 heavy (non-hydrogen) atoms. The maximum atomic E-state index is 13.1. The van der Waals surface area contributed by atoms with Gasteiger partial charge in [0.1, 0.15) is 4.90 Å². The van der Waals surface area contributed by atoms with Crippen LogP contribution in [0.3, 0.4) is 0 Å². The zero-order chi connectivity index (χ0) is 27.5. The quantitative estimate of drug-likeness (QED) is 0.382. The minimum Gasteiger partial charge on any atom is -0.322 e. The molecule has 202 valence electrons. The third-order valence-electron chi connectivity index (χ3n) is 6.65. The van der Waals surface area contributed by atoms with Crippen LogP contribution in [0.2, 0.25) is 5.02 Å². The Morgan fingerprint density at radius 1 is 0.868 bits per heavy atom. The van der Waals surface area contributed by atoms with Crippen molar-refractivity contribution in [3.05, 3.63) is 82.4 Å². The summed E-state index contributed by atoms with van der Waals surface area (Å²) in [6.45, 7) is 4.69. The van der Waals surface area contributed by atoms with E-state index in [0.29, 0.717) is 24.5 Å². The highest BCUT2D eigenvalue weighted by molar-refractivity contribution is 7.92. The van der Waals surface area contributed by atoms with E-state index < -0.39 is 26.0 Å². The molecule has 3 aromatic carbocycles. The van der Waals surface area contributed by atoms with Crippen LogP contribution in [0.15, 0.2) is 70.5 Å². The van der Waals surface area contributed by atoms with E-state index in [0.717, 1.165) is 36.8 Å². The Bertz CT molecular complexity index is 1550. The van der Waals surface area contributed by atoms with Crippen molar-refractivity contribution >= 4 is 48.9 Å². The summed E-state index contributed by atoms with van der Waals surface area (Å²) in [5, 5.41) is 2.66. The number of rotatable bonds is 7. The van der Waals surface area contributed by atoms with Crippen LogP contribution < -0.4 is 10.0 Å². The van der Waals surface area contributed by atoms with E-state index in [9.17, 15) is 21.6 Å². The molecule has 1 saturated heterocycles. The van der Waals surface area contributed by atoms with E-state index >= 15 is 0 Å². The lowest BCUT2D eigenvalue weighted by molar-refractivity contribution is 0.102. The van der Waals surface area contributed by atoms with Gasteiger partial charge in [-0.1, -0.05) is 36.6 Å². The summed E-state index contributed by atoms with van der Waals surface area (Å²) in [6.07, 6.45) is 3.72. The van der Waals surface area contributed by atoms with Crippen LogP contribution in [0, 0.1) is 13.8 Å². The number of anilines is 2. The van der Waals surface area contributed by atoms with Crippen LogP contribution in [0.5, 0.6) is 0 Å². The highest BCUT2D eigenvalue weighted by Crippen LogP contribution is 2.28. The van der Waals surface area contributed by atoms with Crippen molar-refractivity contribution in [2.24, 2.45) is 0 Å². The molecule has 11 heteroatoms. The van der Waals surface area contributed by atoms with Crippen molar-refractivity contribution in [3.8, 4) is 0 Å². The van der Waals surface area contributed by atoms with E-state index in [1.807, 2.05) is 19.9 Å². The van der Waals surface area contributed by atoms with Gasteiger partial charge in [0.15, 0.2) is 0 Å². The van der Waals surface area contributed by atoms with E-state index in [1.54, 1.807) is 12.1 Å². The van der Waals surface area contributed by atoms with Crippen molar-refractivity contribution in [2.45, 2.75) is 49.3 Å². The summed E-state index contributed by atoms with van der Waals surface area (Å²) in [4.78, 5) is 12.9. The van der Waals surface area contributed by atoms with Crippen molar-refractivity contribution in [2.75, 3.05) is 23.1 Å². The average Bonchev–Trinajstić information content (AvgIpc) is 3.17. The Hall–Kier alpha value is -2.92. The number of amides is 1. The molecule has 0 aromatic heterocycles. The highest BCUT2D eigenvalue weighted by atomic mass is 35.5. The summed E-state index contributed by atoms with van der Waals surface area (Å²) in [7, 11) is -7.69. The minimum atomic E-state index is -4.08. The SMILES string of the molecule is Cc1cccc(NS(=O)(=O)c2cc(C(=O)Nc3ccc(S(=O)(=O)N4CCCCCC4)cc3)ccc2Cl)c1C. The van der Waals surface area contributed by atoms with Gasteiger partial charge in [-0.25, -0.2) is 16.8 Å². The van der Waals surface area contributed by atoms with E-state index in [4.69, 9.17) is 11.6 Å². The molecule has 0 unspecified atom stereocenters. The molecule has 2 N–H and O–H groups in total. The topological polar surface area (TPSA) is 113 Å². The number of carbonyl (C=O) groups excluding carboxylic acids is 1. The highest BCUT2D eigenvalue weighted by Gasteiger charge is 2.25. The number of nitrogens with one attached hydrogen (secondary N) is 2. The third-order valence-corrected chi connectivity index (χ3v) is 10.4. The second-order valence-corrected chi connectivity index (χ2v) is 13.3. The predicted molar refractivity (Wildman–Crippen MR) is 150 cm³/mol. The summed E-state index contributed by atoms with van der Waals surface area (Å²) in [6, 6.07) is 15.2. The van der Waals surface area contributed by atoms with Gasteiger partial charge in [-0.2, -0.15) is 4.31 Å². The van der Waals surface area contributed by atoms with Gasteiger partial charge in [0.25, 0.3) is 15.9 Å². The largest absolute Gasteiger partial charge is 0.322 e. The van der Waals surface area contributed by atoms with E-state index in [2.05, 4.69) is 10.0 Å². The van der Waals surface area contributed by atoms with Gasteiger partial charge in [-0.3, -0.25) is 9.52 Å². The lowest BCUT2D eigenvalue weighted by atomic mass is 10.1. The Balaban J connectivity index is 1.51. The average molecular weight is 576 g/mol. The molecule has 1 aliphatic rings. The van der Waals surface area contributed by atoms with Crippen LogP contribution in [-0.2, 0) is 20.0 Å². The molecule has 1 aliphatic heterocycles. The van der Waals surface area contributed by atoms with Gasteiger partial charge in [-0.15, -0.1) is 0 Å². The fourth-order valence-electron chi connectivity index (χ4n) is 4.26. The molecule has 0 aliphatic carbocycles. The molecule has 0 atom stereocenters. The predicted octanol–water partition coefficient (Wildman–Crippen LogP) is 5.57. The van der Waals surface area contributed by atoms with Crippen molar-refractivity contribution in [1.82, 2.24) is 4.31 Å². The van der Waals surface area contributed by atoms with Crippen LogP contribution in [0.4, 0.5) is 11.4 Å². The molecule has 1 amide bonds. The van der Waals surface area contributed by atoms with Gasteiger partial charge in [-0.05, 0) is 86.3 Å². The monoisotopic (exact) mass is 575 g/mol. The fraction of sp³-hybridized carbons (Fsp3) is 0.296. The maximum Gasteiger partial charge on any atom is 0.263 e. The fourth-order valence-corrected chi connectivity index (χ4v) is 7.42. The Morgan fingerprint density at radius 2 is 1.53 bits per heavy atom. The smallest absolute Gasteiger partial charge is 0.263 e. The number of hydrogen-bond acceptors (Lipinski definition) is 5. The van der Waals surface area contributed by atoms with Crippen molar-refractivity contribution in [1.29, 1.82) is 0 Å². The summed E-state index contributed by atoms with van der Waals surface area (Å²) in [5.41, 5.74) is 2.58. The van der Waals surface area contributed by atoms with Crippen molar-refractivity contribution in [3.63, 3.8) is 0 Å². The third kappa shape index (κ3) is 6.20. The first-order valence-corrected chi connectivity index (χ1v) is 15.6. The van der Waals surface area contributed by atoms with Gasteiger partial charge in [0.05, 0.1) is 15.6 Å². The number of aryl methyl sites for hydroxylation is 1. The molecule has 0 spiro atoms. The number of benzene rings is 3. The summed E-state index contributed by atoms with van der Waals surface area (Å²) in [5.74, 6) is -0.562. The standard InChI is InChI=1S/C27H30ClN3O5S2/c1-19-8-7-9-25(20(19)2)30-37(33,34)26-18-21(10-15-24(26)28)27(32)29-22-11-13-23(14-12-22)38(35,36)31-16-5-3-4-6-17-31/h7-15,18,30H,3-6,16-17H2,1-2H3,(H,29,32). The number of sulfonamides is 2. The molecule has 1 heterocycles. The molecule has 0 radical (unpaired) electrons. The summed E-state index contributed by atoms with van der Waals surface area (Å²) >= 11 is 6.21. The number of carbonyl (C=O) groups is 1. The first-order chi connectivity index (χ1) is 18.0. The van der Waals surface area contributed by atoms with E-state index in [1.165, 1.54) is 46.8 Å². The second kappa shape index (κ2) is 11.4. The van der Waals surface area contributed by atoms with Crippen LogP contribution in [0.25, 0.3) is 0 Å². The van der Waals surface area contributed by atoms with Crippen LogP contribution >= 0.6 is 11.6 Å². The number of hydrogen-bond donors (Lipinski definition) is 2. The second-order valence-electron chi connectivity index (χ2n) is 9.29.